The van der Waals surface area contributed by atoms with Crippen LogP contribution >= 0.6 is 7.82 Å². The van der Waals surface area contributed by atoms with Crippen molar-refractivity contribution in [2.75, 3.05) is 0 Å². The Balaban J connectivity index is -0.0000000267. The van der Waals surface area contributed by atoms with Gasteiger partial charge in [0, 0.05) is 0 Å². The molecule has 0 aromatic heterocycles. The molecule has 0 aliphatic carbocycles. The maximum Gasteiger partial charge on any atom is 0.267 e. The molecule has 0 saturated heterocycles. The molecule has 0 aromatic rings. The van der Waals surface area contributed by atoms with Crippen LogP contribution in [0.15, 0.2) is 0 Å². The maximum atomic E-state index is 8.55. The fourth-order valence-corrected chi connectivity index (χ4v) is 0. The molecule has 0 saturated carbocycles. The molecule has 0 radical (unpaired) electrons. The van der Waals surface area contributed by atoms with E-state index in [0.717, 1.165) is 0 Å². The Hall–Kier alpha value is 0.761. The SMILES string of the molecule is O=P([O-])([O-])[O-].[SiH3+].[SiH3+].[SiH3+]. The average molecular weight is 188 g/mol. The molecular formula is H9O4PSi3. The van der Waals surface area contributed by atoms with Gasteiger partial charge in [-0.3, -0.25) is 0 Å². The van der Waals surface area contributed by atoms with Crippen LogP contribution in [-0.2, 0) is 4.57 Å². The minimum atomic E-state index is -5.39. The standard InChI is InChI=1S/H3O4P.3H3Si/c1-5(2,3)4;;;/h(H3,1,2,3,4);3*1H3/q;3*+1/p-3. The second-order valence-electron chi connectivity index (χ2n) is 0.447. The molecule has 0 N–H and O–H groups in total. The summed E-state index contributed by atoms with van der Waals surface area (Å²) < 4.78 is 8.55. The van der Waals surface area contributed by atoms with Gasteiger partial charge in [0.15, 0.2) is 0 Å². The van der Waals surface area contributed by atoms with E-state index in [1.165, 1.54) is 0 Å². The minimum Gasteiger partial charge on any atom is -0.822 e. The molecular weight excluding hydrogens is 179 g/mol. The molecule has 0 spiro atoms. The van der Waals surface area contributed by atoms with Gasteiger partial charge in [0.2, 0.25) is 0 Å². The average Bonchev–Trinajstić information content (AvgIpc) is 0.722. The molecule has 4 nitrogen and oxygen atoms in total. The Morgan fingerprint density at radius 3 is 0.875 bits per heavy atom. The topological polar surface area (TPSA) is 86.2 Å². The summed E-state index contributed by atoms with van der Waals surface area (Å²) in [6, 6.07) is 0. The van der Waals surface area contributed by atoms with Crippen LogP contribution in [0, 0.1) is 0 Å². The van der Waals surface area contributed by atoms with Gasteiger partial charge in [-0.1, -0.05) is 0 Å². The van der Waals surface area contributed by atoms with Crippen molar-refractivity contribution in [3.8, 4) is 0 Å². The lowest BCUT2D eigenvalue weighted by Gasteiger charge is -2.36. The maximum absolute atomic E-state index is 8.55. The Kier molecular flexibility index (Phi) is 22.6. The molecule has 0 fully saturated rings. The monoisotopic (exact) mass is 188 g/mol. The molecule has 0 unspecified atom stereocenters. The van der Waals surface area contributed by atoms with Gasteiger partial charge in [0.25, 0.3) is 32.9 Å². The summed E-state index contributed by atoms with van der Waals surface area (Å²) in [4.78, 5) is 25.6. The van der Waals surface area contributed by atoms with Crippen LogP contribution in [0.3, 0.4) is 0 Å². The summed E-state index contributed by atoms with van der Waals surface area (Å²) in [5.41, 5.74) is 0. The predicted octanol–water partition coefficient (Wildman–Crippen LogP) is -6.38. The van der Waals surface area contributed by atoms with E-state index in [4.69, 9.17) is 19.2 Å². The Morgan fingerprint density at radius 1 is 0.875 bits per heavy atom. The van der Waals surface area contributed by atoms with E-state index < -0.39 is 7.82 Å². The lowest BCUT2D eigenvalue weighted by molar-refractivity contribution is -0.432. The summed E-state index contributed by atoms with van der Waals surface area (Å²) >= 11 is 0. The van der Waals surface area contributed by atoms with Crippen LogP contribution in [-0.4, -0.2) is 32.9 Å². The molecule has 0 atom stereocenters. The summed E-state index contributed by atoms with van der Waals surface area (Å²) in [6.07, 6.45) is 0. The lowest BCUT2D eigenvalue weighted by Crippen LogP contribution is -2.24. The van der Waals surface area contributed by atoms with E-state index in [9.17, 15) is 0 Å². The fraction of sp³-hybridized carbons (Fsp3) is 0. The Morgan fingerprint density at radius 2 is 0.875 bits per heavy atom. The zero-order chi connectivity index (χ0) is 4.50. The first-order valence-corrected chi connectivity index (χ1v) is 2.19. The van der Waals surface area contributed by atoms with Gasteiger partial charge in [-0.25, -0.2) is 0 Å². The molecule has 0 aliphatic rings. The lowest BCUT2D eigenvalue weighted by atomic mass is 15.8. The number of hydrogen-bond donors (Lipinski definition) is 0. The van der Waals surface area contributed by atoms with Crippen molar-refractivity contribution in [1.29, 1.82) is 0 Å². The largest absolute Gasteiger partial charge is 0.822 e. The molecule has 8 heavy (non-hydrogen) atoms. The van der Waals surface area contributed by atoms with Gasteiger partial charge in [-0.05, 0) is 0 Å². The molecule has 0 aliphatic heterocycles. The molecule has 50 valence electrons. The van der Waals surface area contributed by atoms with Crippen LogP contribution in [0.25, 0.3) is 0 Å². The predicted molar refractivity (Wildman–Crippen MR) is 37.4 cm³/mol. The highest BCUT2D eigenvalue weighted by molar-refractivity contribution is 7.40. The van der Waals surface area contributed by atoms with E-state index in [-0.39, 0.29) is 32.9 Å². The first kappa shape index (κ1) is 23.3. The van der Waals surface area contributed by atoms with Crippen LogP contribution in [0.4, 0.5) is 0 Å². The zero-order valence-electron chi connectivity index (χ0n) is 5.08. The first-order valence-electron chi connectivity index (χ1n) is 0.730. The molecule has 0 heterocycles. The summed E-state index contributed by atoms with van der Waals surface area (Å²) in [5.74, 6) is 0. The third-order valence-corrected chi connectivity index (χ3v) is 0. The third kappa shape index (κ3) is 388. The Bertz CT molecular complexity index is 57.4. The minimum absolute atomic E-state index is 0. The summed E-state index contributed by atoms with van der Waals surface area (Å²) in [5, 5.41) is 0. The number of hydrogen-bond acceptors (Lipinski definition) is 4. The van der Waals surface area contributed by atoms with E-state index in [1.807, 2.05) is 0 Å². The van der Waals surface area contributed by atoms with Crippen molar-refractivity contribution in [2.24, 2.45) is 0 Å². The molecule has 0 bridgehead atoms. The van der Waals surface area contributed by atoms with Crippen LogP contribution < -0.4 is 14.7 Å². The summed E-state index contributed by atoms with van der Waals surface area (Å²) in [6.45, 7) is 0. The van der Waals surface area contributed by atoms with Crippen LogP contribution in [0.2, 0.25) is 0 Å². The molecule has 0 amide bonds. The van der Waals surface area contributed by atoms with Crippen LogP contribution in [0.1, 0.15) is 0 Å². The van der Waals surface area contributed by atoms with Gasteiger partial charge < -0.3 is 19.2 Å². The smallest absolute Gasteiger partial charge is 0.267 e. The quantitative estimate of drug-likeness (QED) is 0.279. The molecule has 8 heteroatoms. The van der Waals surface area contributed by atoms with E-state index >= 15 is 0 Å². The van der Waals surface area contributed by atoms with Crippen molar-refractivity contribution in [3.63, 3.8) is 0 Å². The second kappa shape index (κ2) is 7.76. The fourth-order valence-electron chi connectivity index (χ4n) is 0. The highest BCUT2D eigenvalue weighted by Gasteiger charge is 1.44. The highest BCUT2D eigenvalue weighted by Crippen LogP contribution is 2.03. The van der Waals surface area contributed by atoms with Crippen molar-refractivity contribution < 1.29 is 19.2 Å². The summed E-state index contributed by atoms with van der Waals surface area (Å²) in [7, 11) is -5.39. The first-order chi connectivity index (χ1) is 2.00. The number of phosphoric acid groups is 1. The zero-order valence-corrected chi connectivity index (χ0v) is 12.0. The van der Waals surface area contributed by atoms with Crippen molar-refractivity contribution in [1.82, 2.24) is 0 Å². The van der Waals surface area contributed by atoms with Gasteiger partial charge in [0.05, 0.1) is 0 Å². The van der Waals surface area contributed by atoms with Gasteiger partial charge in [0.1, 0.15) is 0 Å². The molecule has 0 aromatic carbocycles. The van der Waals surface area contributed by atoms with E-state index in [0.29, 0.717) is 0 Å². The molecule has 0 rings (SSSR count). The second-order valence-corrected chi connectivity index (χ2v) is 1.34. The van der Waals surface area contributed by atoms with Crippen LogP contribution in [0.5, 0.6) is 0 Å². The Labute approximate surface area is 60.6 Å². The van der Waals surface area contributed by atoms with Crippen molar-refractivity contribution in [2.45, 2.75) is 0 Å². The van der Waals surface area contributed by atoms with Crippen molar-refractivity contribution >= 4 is 40.7 Å². The van der Waals surface area contributed by atoms with Gasteiger partial charge in [-0.15, -0.1) is 0 Å². The van der Waals surface area contributed by atoms with E-state index in [1.54, 1.807) is 0 Å². The normalized spacial score (nSPS) is 7.38. The third-order valence-electron chi connectivity index (χ3n) is 0. The van der Waals surface area contributed by atoms with E-state index in [2.05, 4.69) is 0 Å². The van der Waals surface area contributed by atoms with Gasteiger partial charge in [-0.2, -0.15) is 7.82 Å². The highest BCUT2D eigenvalue weighted by atomic mass is 31.2. The van der Waals surface area contributed by atoms with Gasteiger partial charge >= 0.3 is 0 Å². The van der Waals surface area contributed by atoms with Crippen molar-refractivity contribution in [3.05, 3.63) is 0 Å². The number of rotatable bonds is 0.